The summed E-state index contributed by atoms with van der Waals surface area (Å²) >= 11 is 0. The van der Waals surface area contributed by atoms with Crippen LogP contribution in [0.3, 0.4) is 0 Å². The highest BCUT2D eigenvalue weighted by molar-refractivity contribution is 6.24. The number of rotatable bonds is 5. The summed E-state index contributed by atoms with van der Waals surface area (Å²) in [5.41, 5.74) is 8.45. The number of fused-ring (bicyclic) bond motifs is 4. The molecule has 2 aromatic heterocycles. The van der Waals surface area contributed by atoms with Gasteiger partial charge in [0.05, 0.1) is 16.7 Å². The van der Waals surface area contributed by atoms with Crippen molar-refractivity contribution < 1.29 is 6.85 Å². The predicted molar refractivity (Wildman–Crippen MR) is 197 cm³/mol. The van der Waals surface area contributed by atoms with Gasteiger partial charge in [0.2, 0.25) is 0 Å². The van der Waals surface area contributed by atoms with Crippen LogP contribution in [0.4, 0.5) is 0 Å². The maximum absolute atomic E-state index is 8.79. The van der Waals surface area contributed by atoms with Crippen LogP contribution in [-0.2, 0) is 6.37 Å². The molecule has 0 aliphatic carbocycles. The first-order valence-electron chi connectivity index (χ1n) is 18.2. The minimum absolute atomic E-state index is 0.153. The molecule has 9 aromatic rings. The minimum Gasteiger partial charge on any atom is -0.296 e. The number of hydrogen-bond acceptors (Lipinski definition) is 2. The Balaban J connectivity index is 1.36. The highest BCUT2D eigenvalue weighted by Gasteiger charge is 2.21. The van der Waals surface area contributed by atoms with Gasteiger partial charge in [-0.1, -0.05) is 122 Å². The average Bonchev–Trinajstić information content (AvgIpc) is 3.57. The average molecular weight is 607 g/mol. The molecule has 2 heterocycles. The van der Waals surface area contributed by atoms with Crippen molar-refractivity contribution in [3.8, 4) is 39.1 Å². The third-order valence-electron chi connectivity index (χ3n) is 9.20. The quantitative estimate of drug-likeness (QED) is 0.183. The van der Waals surface area contributed by atoms with Crippen LogP contribution < -0.4 is 0 Å². The summed E-state index contributed by atoms with van der Waals surface area (Å²) < 4.78 is 43.6. The lowest BCUT2D eigenvalue weighted by molar-refractivity contribution is 0.913. The number of hydrogen-bond donors (Lipinski definition) is 0. The molecule has 0 aliphatic heterocycles. The highest BCUT2D eigenvalue weighted by Crippen LogP contribution is 2.47. The molecule has 0 fully saturated rings. The summed E-state index contributed by atoms with van der Waals surface area (Å²) in [5, 5.41) is 6.26. The Kier molecular flexibility index (Phi) is 5.29. The third kappa shape index (κ3) is 4.28. The van der Waals surface area contributed by atoms with Crippen LogP contribution in [0.15, 0.2) is 158 Å². The number of para-hydroxylation sites is 2. The zero-order valence-corrected chi connectivity index (χ0v) is 25.4. The van der Waals surface area contributed by atoms with Crippen LogP contribution in [0.2, 0.25) is 0 Å². The van der Waals surface area contributed by atoms with E-state index in [0.29, 0.717) is 16.7 Å². The van der Waals surface area contributed by atoms with E-state index in [1.54, 1.807) is 10.6 Å². The van der Waals surface area contributed by atoms with Crippen molar-refractivity contribution in [2.45, 2.75) is 13.2 Å². The molecule has 0 N–H and O–H groups in total. The van der Waals surface area contributed by atoms with Gasteiger partial charge < -0.3 is 0 Å². The Hall–Kier alpha value is -6.06. The van der Waals surface area contributed by atoms with E-state index in [1.807, 2.05) is 67.0 Å². The van der Waals surface area contributed by atoms with Crippen molar-refractivity contribution >= 4 is 43.4 Å². The number of imidazole rings is 1. The molecule has 0 saturated carbocycles. The molecule has 0 spiro atoms. The molecule has 0 aliphatic rings. The van der Waals surface area contributed by atoms with Gasteiger partial charge in [0, 0.05) is 31.0 Å². The molecule has 3 nitrogen and oxygen atoms in total. The van der Waals surface area contributed by atoms with E-state index in [2.05, 4.69) is 94.9 Å². The maximum Gasteiger partial charge on any atom is 0.114 e. The highest BCUT2D eigenvalue weighted by atomic mass is 15.1. The Morgan fingerprint density at radius 3 is 1.77 bits per heavy atom. The maximum atomic E-state index is 8.79. The van der Waals surface area contributed by atoms with Gasteiger partial charge in [-0.3, -0.25) is 9.55 Å². The zero-order chi connectivity index (χ0) is 35.6. The number of pyridine rings is 1. The van der Waals surface area contributed by atoms with E-state index in [4.69, 9.17) is 6.85 Å². The van der Waals surface area contributed by atoms with Gasteiger partial charge >= 0.3 is 0 Å². The Morgan fingerprint density at radius 2 is 1.09 bits per heavy atom. The summed E-state index contributed by atoms with van der Waals surface area (Å²) in [6.07, 6.45) is 0.945. The molecule has 0 atom stereocenters. The number of aryl methyl sites for hydroxylation is 1. The van der Waals surface area contributed by atoms with E-state index in [0.717, 1.165) is 65.7 Å². The fraction of sp³-hybridized carbons (Fsp3) is 0.0455. The molecule has 0 amide bonds. The fourth-order valence-corrected chi connectivity index (χ4v) is 7.24. The SMILES string of the molecule is [2H]C([2H])([2H])C([2H])([2H])c1nc2ccccc2n1-c1ccc(-c2c3ccccc3c(-c3ccccc3-c3ccncc3)c3ccccc23)c2ccccc12. The second kappa shape index (κ2) is 11.1. The van der Waals surface area contributed by atoms with Crippen LogP contribution in [-0.4, -0.2) is 14.5 Å². The van der Waals surface area contributed by atoms with Crippen molar-refractivity contribution in [1.82, 2.24) is 14.5 Å². The molecule has 0 bridgehead atoms. The molecule has 7 aromatic carbocycles. The smallest absolute Gasteiger partial charge is 0.114 e. The van der Waals surface area contributed by atoms with Crippen LogP contribution in [0, 0.1) is 0 Å². The van der Waals surface area contributed by atoms with Gasteiger partial charge in [-0.15, -0.1) is 0 Å². The Bertz CT molecular complexity index is 2760. The lowest BCUT2D eigenvalue weighted by Gasteiger charge is -2.21. The topological polar surface area (TPSA) is 30.7 Å². The molecule has 0 radical (unpaired) electrons. The summed E-state index contributed by atoms with van der Waals surface area (Å²) in [5.74, 6) is -0.153. The lowest BCUT2D eigenvalue weighted by atomic mass is 9.83. The van der Waals surface area contributed by atoms with Crippen LogP contribution in [0.25, 0.3) is 82.4 Å². The van der Waals surface area contributed by atoms with Gasteiger partial charge in [0.1, 0.15) is 5.82 Å². The van der Waals surface area contributed by atoms with E-state index in [-0.39, 0.29) is 5.82 Å². The van der Waals surface area contributed by atoms with Crippen molar-refractivity contribution in [2.24, 2.45) is 0 Å². The third-order valence-corrected chi connectivity index (χ3v) is 9.20. The molecular weight excluding hydrogens is 571 g/mol. The summed E-state index contributed by atoms with van der Waals surface area (Å²) in [7, 11) is 0. The summed E-state index contributed by atoms with van der Waals surface area (Å²) in [4.78, 5) is 8.85. The standard InChI is InChI=1S/C44H31N3/c1-2-42-46-39-21-11-12-22-41(39)47(42)40-24-23-38(31-14-4-5-15-32(31)40)44-36-19-9-7-17-34(36)43(35-18-8-10-20-37(35)44)33-16-6-3-13-30(33)29-25-27-45-28-26-29/h3-28H,2H2,1H3/i1D3,2D2. The second-order valence-electron chi connectivity index (χ2n) is 11.7. The number of benzene rings is 7. The van der Waals surface area contributed by atoms with Crippen molar-refractivity contribution in [2.75, 3.05) is 0 Å². The fourth-order valence-electron chi connectivity index (χ4n) is 7.24. The zero-order valence-electron chi connectivity index (χ0n) is 30.4. The molecular formula is C44H31N3. The first kappa shape index (κ1) is 22.4. The molecule has 47 heavy (non-hydrogen) atoms. The molecule has 9 rings (SSSR count). The first-order chi connectivity index (χ1) is 25.2. The Labute approximate surface area is 280 Å². The summed E-state index contributed by atoms with van der Waals surface area (Å²) in [6, 6.07) is 49.2. The number of nitrogens with zero attached hydrogens (tertiary/aromatic N) is 3. The van der Waals surface area contributed by atoms with E-state index in [1.165, 1.54) is 0 Å². The lowest BCUT2D eigenvalue weighted by Crippen LogP contribution is -2.01. The van der Waals surface area contributed by atoms with Crippen LogP contribution in [0.5, 0.6) is 0 Å². The van der Waals surface area contributed by atoms with Gasteiger partial charge in [-0.25, -0.2) is 4.98 Å². The van der Waals surface area contributed by atoms with E-state index < -0.39 is 13.2 Å². The minimum atomic E-state index is -2.93. The van der Waals surface area contributed by atoms with E-state index >= 15 is 0 Å². The second-order valence-corrected chi connectivity index (χ2v) is 11.7. The van der Waals surface area contributed by atoms with E-state index in [9.17, 15) is 0 Å². The van der Waals surface area contributed by atoms with Crippen LogP contribution in [0.1, 0.15) is 19.5 Å². The van der Waals surface area contributed by atoms with Gasteiger partial charge in [-0.05, 0) is 90.6 Å². The normalized spacial score (nSPS) is 13.7. The molecule has 3 heteroatoms. The van der Waals surface area contributed by atoms with Crippen molar-refractivity contribution in [3.05, 3.63) is 164 Å². The Morgan fingerprint density at radius 1 is 0.532 bits per heavy atom. The van der Waals surface area contributed by atoms with Crippen molar-refractivity contribution in [1.29, 1.82) is 0 Å². The van der Waals surface area contributed by atoms with Gasteiger partial charge in [0.15, 0.2) is 0 Å². The summed E-state index contributed by atoms with van der Waals surface area (Å²) in [6.45, 7) is -2.93. The van der Waals surface area contributed by atoms with Gasteiger partial charge in [0.25, 0.3) is 0 Å². The van der Waals surface area contributed by atoms with Crippen LogP contribution >= 0.6 is 0 Å². The molecule has 0 saturated heterocycles. The monoisotopic (exact) mass is 606 g/mol. The predicted octanol–water partition coefficient (Wildman–Crippen LogP) is 11.4. The van der Waals surface area contributed by atoms with Crippen molar-refractivity contribution in [3.63, 3.8) is 0 Å². The molecule has 222 valence electrons. The van der Waals surface area contributed by atoms with Gasteiger partial charge in [-0.2, -0.15) is 0 Å². The number of aromatic nitrogens is 3. The first-order valence-corrected chi connectivity index (χ1v) is 15.7. The largest absolute Gasteiger partial charge is 0.296 e. The molecule has 0 unspecified atom stereocenters.